The largest absolute Gasteiger partial charge is 0.392 e. The Bertz CT molecular complexity index is 498. The molecule has 2 aromatic carbocycles. The summed E-state index contributed by atoms with van der Waals surface area (Å²) in [5, 5.41) is 0. The van der Waals surface area contributed by atoms with Crippen LogP contribution in [0.25, 0.3) is 0 Å². The molecule has 0 amide bonds. The highest BCUT2D eigenvalue weighted by atomic mass is 32.1. The zero-order chi connectivity index (χ0) is 14.4. The highest BCUT2D eigenvalue weighted by Gasteiger charge is 2.16. The molecule has 0 aliphatic heterocycles. The van der Waals surface area contributed by atoms with Gasteiger partial charge in [0.25, 0.3) is 0 Å². The van der Waals surface area contributed by atoms with Crippen LogP contribution in [0, 0.1) is 0 Å². The van der Waals surface area contributed by atoms with Crippen LogP contribution in [0.2, 0.25) is 0 Å². The molecule has 0 radical (unpaired) electrons. The molecular weight excluding hydrogens is 264 g/mol. The van der Waals surface area contributed by atoms with E-state index in [1.165, 1.54) is 11.1 Å². The fraction of sp³-hybridized carbons (Fsp3) is 0.235. The van der Waals surface area contributed by atoms with E-state index in [2.05, 4.69) is 60.4 Å². The summed E-state index contributed by atoms with van der Waals surface area (Å²) in [6, 6.07) is 20.9. The molecule has 2 N–H and O–H groups in total. The van der Waals surface area contributed by atoms with E-state index in [0.29, 0.717) is 4.99 Å². The van der Waals surface area contributed by atoms with Gasteiger partial charge in [0.2, 0.25) is 0 Å². The van der Waals surface area contributed by atoms with E-state index in [0.717, 1.165) is 13.1 Å². The summed E-state index contributed by atoms with van der Waals surface area (Å²) in [6.07, 6.45) is 0. The first kappa shape index (κ1) is 14.7. The zero-order valence-corrected chi connectivity index (χ0v) is 12.5. The van der Waals surface area contributed by atoms with Gasteiger partial charge in [-0.3, -0.25) is 4.90 Å². The molecule has 0 aliphatic rings. The van der Waals surface area contributed by atoms with Crippen LogP contribution >= 0.6 is 12.2 Å². The first-order valence-electron chi connectivity index (χ1n) is 6.78. The van der Waals surface area contributed by atoms with Crippen molar-refractivity contribution in [3.05, 3.63) is 71.8 Å². The van der Waals surface area contributed by atoms with E-state index in [1.807, 2.05) is 12.1 Å². The molecule has 2 aromatic rings. The quantitative estimate of drug-likeness (QED) is 0.825. The molecule has 2 nitrogen and oxygen atoms in total. The molecule has 104 valence electrons. The predicted octanol–water partition coefficient (Wildman–Crippen LogP) is 3.36. The van der Waals surface area contributed by atoms with Crippen LogP contribution in [-0.2, 0) is 13.1 Å². The molecule has 2 rings (SSSR count). The number of nitrogens with two attached hydrogens (primary N) is 1. The Morgan fingerprint density at radius 1 is 0.950 bits per heavy atom. The Labute approximate surface area is 126 Å². The molecule has 0 aromatic heterocycles. The number of thiocarbonyl (C=S) groups is 1. The van der Waals surface area contributed by atoms with Crippen molar-refractivity contribution in [2.75, 3.05) is 0 Å². The van der Waals surface area contributed by atoms with Crippen molar-refractivity contribution in [3.8, 4) is 0 Å². The monoisotopic (exact) mass is 284 g/mol. The smallest absolute Gasteiger partial charge is 0.0899 e. The fourth-order valence-corrected chi connectivity index (χ4v) is 2.29. The van der Waals surface area contributed by atoms with Crippen LogP contribution in [0.1, 0.15) is 18.1 Å². The molecule has 0 fully saturated rings. The number of hydrogen-bond donors (Lipinski definition) is 1. The Morgan fingerprint density at radius 2 is 1.35 bits per heavy atom. The second-order valence-corrected chi connectivity index (χ2v) is 5.43. The molecular formula is C17H20N2S. The summed E-state index contributed by atoms with van der Waals surface area (Å²) in [5.74, 6) is 0. The SMILES string of the molecule is CC(C(N)=S)N(Cc1ccccc1)Cc1ccccc1. The summed E-state index contributed by atoms with van der Waals surface area (Å²) in [7, 11) is 0. The van der Waals surface area contributed by atoms with Crippen molar-refractivity contribution in [2.24, 2.45) is 5.73 Å². The Hall–Kier alpha value is -1.71. The van der Waals surface area contributed by atoms with Gasteiger partial charge in [0.15, 0.2) is 0 Å². The molecule has 0 saturated heterocycles. The molecule has 20 heavy (non-hydrogen) atoms. The maximum absolute atomic E-state index is 5.83. The lowest BCUT2D eigenvalue weighted by Crippen LogP contribution is -2.40. The maximum atomic E-state index is 5.83. The number of benzene rings is 2. The molecule has 0 heterocycles. The number of rotatable bonds is 6. The van der Waals surface area contributed by atoms with E-state index < -0.39 is 0 Å². The minimum Gasteiger partial charge on any atom is -0.392 e. The predicted molar refractivity (Wildman–Crippen MR) is 88.4 cm³/mol. The molecule has 3 heteroatoms. The Kier molecular flexibility index (Phi) is 5.27. The van der Waals surface area contributed by atoms with Crippen LogP contribution in [0.3, 0.4) is 0 Å². The van der Waals surface area contributed by atoms with Crippen molar-refractivity contribution < 1.29 is 0 Å². The maximum Gasteiger partial charge on any atom is 0.0899 e. The summed E-state index contributed by atoms with van der Waals surface area (Å²) < 4.78 is 0. The summed E-state index contributed by atoms with van der Waals surface area (Å²) in [4.78, 5) is 2.84. The van der Waals surface area contributed by atoms with Crippen LogP contribution in [-0.4, -0.2) is 15.9 Å². The van der Waals surface area contributed by atoms with Gasteiger partial charge in [0.05, 0.1) is 11.0 Å². The average Bonchev–Trinajstić information content (AvgIpc) is 2.48. The lowest BCUT2D eigenvalue weighted by molar-refractivity contribution is 0.236. The van der Waals surface area contributed by atoms with Crippen molar-refractivity contribution in [1.82, 2.24) is 4.90 Å². The zero-order valence-electron chi connectivity index (χ0n) is 11.7. The molecule has 1 unspecified atom stereocenters. The molecule has 1 atom stereocenters. The normalized spacial score (nSPS) is 12.3. The second kappa shape index (κ2) is 7.17. The average molecular weight is 284 g/mol. The molecule has 0 spiro atoms. The summed E-state index contributed by atoms with van der Waals surface area (Å²) in [6.45, 7) is 3.75. The minimum atomic E-state index is 0.0745. The Balaban J connectivity index is 2.14. The van der Waals surface area contributed by atoms with Gasteiger partial charge in [-0.25, -0.2) is 0 Å². The lowest BCUT2D eigenvalue weighted by atomic mass is 10.1. The third-order valence-corrected chi connectivity index (χ3v) is 3.76. The fourth-order valence-electron chi connectivity index (χ4n) is 2.15. The van der Waals surface area contributed by atoms with Gasteiger partial charge in [0, 0.05) is 13.1 Å². The first-order valence-corrected chi connectivity index (χ1v) is 7.19. The minimum absolute atomic E-state index is 0.0745. The number of hydrogen-bond acceptors (Lipinski definition) is 2. The van der Waals surface area contributed by atoms with Crippen molar-refractivity contribution in [1.29, 1.82) is 0 Å². The van der Waals surface area contributed by atoms with E-state index in [1.54, 1.807) is 0 Å². The van der Waals surface area contributed by atoms with Crippen LogP contribution in [0.15, 0.2) is 60.7 Å². The van der Waals surface area contributed by atoms with Gasteiger partial charge in [0.1, 0.15) is 0 Å². The third-order valence-electron chi connectivity index (χ3n) is 3.42. The van der Waals surface area contributed by atoms with Crippen LogP contribution in [0.4, 0.5) is 0 Å². The van der Waals surface area contributed by atoms with Crippen molar-refractivity contribution in [2.45, 2.75) is 26.1 Å². The van der Waals surface area contributed by atoms with Gasteiger partial charge in [-0.05, 0) is 18.1 Å². The Morgan fingerprint density at radius 3 is 1.70 bits per heavy atom. The highest BCUT2D eigenvalue weighted by molar-refractivity contribution is 7.80. The summed E-state index contributed by atoms with van der Waals surface area (Å²) >= 11 is 5.16. The van der Waals surface area contributed by atoms with Crippen molar-refractivity contribution >= 4 is 17.2 Å². The lowest BCUT2D eigenvalue weighted by Gasteiger charge is -2.28. The van der Waals surface area contributed by atoms with Gasteiger partial charge in [-0.2, -0.15) is 0 Å². The second-order valence-electron chi connectivity index (χ2n) is 4.95. The van der Waals surface area contributed by atoms with E-state index >= 15 is 0 Å². The van der Waals surface area contributed by atoms with E-state index in [9.17, 15) is 0 Å². The number of nitrogens with zero attached hydrogens (tertiary/aromatic N) is 1. The molecule has 0 aliphatic carbocycles. The van der Waals surface area contributed by atoms with Gasteiger partial charge >= 0.3 is 0 Å². The van der Waals surface area contributed by atoms with Gasteiger partial charge in [-0.15, -0.1) is 0 Å². The van der Waals surface area contributed by atoms with Crippen LogP contribution < -0.4 is 5.73 Å². The third kappa shape index (κ3) is 4.15. The van der Waals surface area contributed by atoms with Gasteiger partial charge in [-0.1, -0.05) is 72.9 Å². The first-order chi connectivity index (χ1) is 9.66. The molecule has 0 saturated carbocycles. The summed E-state index contributed by atoms with van der Waals surface area (Å²) in [5.41, 5.74) is 8.37. The molecule has 0 bridgehead atoms. The highest BCUT2D eigenvalue weighted by Crippen LogP contribution is 2.13. The van der Waals surface area contributed by atoms with Crippen LogP contribution in [0.5, 0.6) is 0 Å². The van der Waals surface area contributed by atoms with E-state index in [4.69, 9.17) is 18.0 Å². The standard InChI is InChI=1S/C17H20N2S/c1-14(17(18)20)19(12-15-8-4-2-5-9-15)13-16-10-6-3-7-11-16/h2-11,14H,12-13H2,1H3,(H2,18,20). The topological polar surface area (TPSA) is 29.3 Å². The van der Waals surface area contributed by atoms with Crippen molar-refractivity contribution in [3.63, 3.8) is 0 Å². The van der Waals surface area contributed by atoms with Gasteiger partial charge < -0.3 is 5.73 Å². The van der Waals surface area contributed by atoms with E-state index in [-0.39, 0.29) is 6.04 Å².